The van der Waals surface area contributed by atoms with Crippen molar-refractivity contribution >= 4 is 35.1 Å². The maximum absolute atomic E-state index is 14.1. The lowest BCUT2D eigenvalue weighted by Crippen LogP contribution is -2.51. The van der Waals surface area contributed by atoms with Gasteiger partial charge in [-0.05, 0) is 73.0 Å². The number of fused-ring (bicyclic) bond motifs is 2. The zero-order valence-electron chi connectivity index (χ0n) is 21.1. The van der Waals surface area contributed by atoms with Crippen LogP contribution in [0.15, 0.2) is 60.7 Å². The smallest absolute Gasteiger partial charge is 0.416 e. The highest BCUT2D eigenvalue weighted by Crippen LogP contribution is 2.55. The fraction of sp³-hybridized carbons (Fsp3) is 0.286. The lowest BCUT2D eigenvalue weighted by Gasteiger charge is -2.33. The Balaban J connectivity index is 1.50. The van der Waals surface area contributed by atoms with Crippen LogP contribution in [0, 0.1) is 13.8 Å². The van der Waals surface area contributed by atoms with Gasteiger partial charge in [0.1, 0.15) is 5.75 Å². The Labute approximate surface area is 222 Å². The van der Waals surface area contributed by atoms with Gasteiger partial charge in [0.25, 0.3) is 5.91 Å². The molecule has 0 radical (unpaired) electrons. The molecule has 0 bridgehead atoms. The summed E-state index contributed by atoms with van der Waals surface area (Å²) in [5, 5.41) is 2.93. The summed E-state index contributed by atoms with van der Waals surface area (Å²) in [5.74, 6) is 0.754. The van der Waals surface area contributed by atoms with Crippen LogP contribution in [0.5, 0.6) is 5.75 Å². The lowest BCUT2D eigenvalue weighted by atomic mass is 10.1. The number of rotatable bonds is 4. The first kappa shape index (κ1) is 26.0. The third-order valence-corrected chi connectivity index (χ3v) is 8.45. The van der Waals surface area contributed by atoms with E-state index < -0.39 is 22.6 Å². The number of benzene rings is 3. The fourth-order valence-electron chi connectivity index (χ4n) is 4.87. The third kappa shape index (κ3) is 4.36. The zero-order chi connectivity index (χ0) is 27.2. The molecule has 5 rings (SSSR count). The molecule has 1 saturated heterocycles. The van der Waals surface area contributed by atoms with E-state index in [1.54, 1.807) is 23.1 Å². The van der Waals surface area contributed by atoms with E-state index in [4.69, 9.17) is 4.74 Å². The molecule has 2 aliphatic rings. The van der Waals surface area contributed by atoms with Crippen molar-refractivity contribution in [2.75, 3.05) is 29.6 Å². The summed E-state index contributed by atoms with van der Waals surface area (Å²) in [6, 6.07) is 15.2. The van der Waals surface area contributed by atoms with Gasteiger partial charge in [-0.3, -0.25) is 9.69 Å². The summed E-state index contributed by atoms with van der Waals surface area (Å²) in [5.41, 5.74) is 3.75. The van der Waals surface area contributed by atoms with E-state index >= 15 is 0 Å². The predicted molar refractivity (Wildman–Crippen MR) is 141 cm³/mol. The third-order valence-electron chi connectivity index (χ3n) is 7.03. The van der Waals surface area contributed by atoms with Gasteiger partial charge in [-0.15, -0.1) is 11.8 Å². The Hall–Kier alpha value is -3.66. The maximum atomic E-state index is 14.1. The highest BCUT2D eigenvalue weighted by molar-refractivity contribution is 8.01. The Morgan fingerprint density at radius 2 is 1.79 bits per heavy atom. The van der Waals surface area contributed by atoms with E-state index in [-0.39, 0.29) is 12.5 Å². The average molecular weight is 542 g/mol. The van der Waals surface area contributed by atoms with Crippen molar-refractivity contribution in [2.24, 2.45) is 0 Å². The molecule has 1 spiro atoms. The Morgan fingerprint density at radius 3 is 2.45 bits per heavy atom. The van der Waals surface area contributed by atoms with E-state index in [2.05, 4.69) is 5.32 Å². The minimum Gasteiger partial charge on any atom is -0.497 e. The van der Waals surface area contributed by atoms with E-state index in [0.717, 1.165) is 23.3 Å². The number of halogens is 3. The van der Waals surface area contributed by atoms with E-state index in [1.807, 2.05) is 32.0 Å². The number of alkyl halides is 3. The Morgan fingerprint density at radius 1 is 1.05 bits per heavy atom. The minimum absolute atomic E-state index is 0.0607. The highest BCUT2D eigenvalue weighted by Gasteiger charge is 2.59. The number of methoxy groups -OCH3 is 1. The van der Waals surface area contributed by atoms with Crippen LogP contribution in [-0.2, 0) is 22.4 Å². The van der Waals surface area contributed by atoms with Gasteiger partial charge in [-0.1, -0.05) is 18.2 Å². The van der Waals surface area contributed by atoms with Crippen LogP contribution in [0.2, 0.25) is 0 Å². The molecule has 0 saturated carbocycles. The zero-order valence-corrected chi connectivity index (χ0v) is 21.9. The largest absolute Gasteiger partial charge is 0.497 e. The Bertz CT molecular complexity index is 1410. The normalized spacial score (nSPS) is 18.7. The second-order valence-corrected chi connectivity index (χ2v) is 10.6. The standard InChI is InChI=1S/C28H26F3N3O3S/c1-17-4-9-21(14-18(17)2)32-26(36)34-12-13-38-27(34)23-15-22(37-3)10-11-24(23)33(25(27)35)16-19-5-7-20(8-6-19)28(29,30)31/h4-11,14-15H,12-13,16H2,1-3H3,(H,32,36)/t27-/m1/s1. The van der Waals surface area contributed by atoms with Crippen molar-refractivity contribution in [2.45, 2.75) is 31.4 Å². The lowest BCUT2D eigenvalue weighted by molar-refractivity contribution is -0.137. The number of nitrogens with zero attached hydrogens (tertiary/aromatic N) is 2. The summed E-state index contributed by atoms with van der Waals surface area (Å²) < 4.78 is 44.6. The van der Waals surface area contributed by atoms with Crippen LogP contribution in [-0.4, -0.2) is 36.2 Å². The number of thioether (sulfide) groups is 1. The molecule has 1 fully saturated rings. The predicted octanol–water partition coefficient (Wildman–Crippen LogP) is 6.31. The van der Waals surface area contributed by atoms with Crippen molar-refractivity contribution < 1.29 is 27.5 Å². The molecule has 2 heterocycles. The molecule has 0 unspecified atom stereocenters. The first-order chi connectivity index (χ1) is 18.0. The van der Waals surface area contributed by atoms with Gasteiger partial charge in [0, 0.05) is 23.5 Å². The summed E-state index contributed by atoms with van der Waals surface area (Å²) in [6.45, 7) is 4.35. The van der Waals surface area contributed by atoms with Gasteiger partial charge in [0.05, 0.1) is 24.9 Å². The van der Waals surface area contributed by atoms with Gasteiger partial charge < -0.3 is 15.0 Å². The molecular formula is C28H26F3N3O3S. The summed E-state index contributed by atoms with van der Waals surface area (Å²) in [7, 11) is 1.52. The number of amides is 3. The fourth-order valence-corrected chi connectivity index (χ4v) is 6.32. The number of nitrogens with one attached hydrogen (secondary N) is 1. The van der Waals surface area contributed by atoms with Crippen LogP contribution in [0.1, 0.15) is 27.8 Å². The molecule has 3 aromatic rings. The van der Waals surface area contributed by atoms with E-state index in [1.165, 1.54) is 35.9 Å². The van der Waals surface area contributed by atoms with Crippen LogP contribution < -0.4 is 15.0 Å². The molecule has 10 heteroatoms. The first-order valence-corrected chi connectivity index (χ1v) is 13.0. The van der Waals surface area contributed by atoms with Gasteiger partial charge >= 0.3 is 12.2 Å². The molecule has 3 amide bonds. The quantitative estimate of drug-likeness (QED) is 0.421. The molecular weight excluding hydrogens is 515 g/mol. The number of hydrogen-bond acceptors (Lipinski definition) is 4. The second kappa shape index (κ2) is 9.58. The number of carbonyl (C=O) groups is 2. The topological polar surface area (TPSA) is 61.9 Å². The highest BCUT2D eigenvalue weighted by atomic mass is 32.2. The number of anilines is 2. The molecule has 2 aliphatic heterocycles. The molecule has 38 heavy (non-hydrogen) atoms. The SMILES string of the molecule is COc1ccc2c(c1)[C@@]1(SCCN1C(=O)Nc1ccc(C)c(C)c1)C(=O)N2Cc1ccc(C(F)(F)F)cc1. The van der Waals surface area contributed by atoms with Crippen molar-refractivity contribution in [3.63, 3.8) is 0 Å². The number of carbonyl (C=O) groups excluding carboxylic acids is 2. The molecule has 0 aromatic heterocycles. The summed E-state index contributed by atoms with van der Waals surface area (Å²) in [4.78, 5) is 29.5. The van der Waals surface area contributed by atoms with Gasteiger partial charge in [-0.2, -0.15) is 13.2 Å². The number of ether oxygens (including phenoxy) is 1. The second-order valence-electron chi connectivity index (χ2n) is 9.34. The monoisotopic (exact) mass is 541 g/mol. The van der Waals surface area contributed by atoms with Crippen LogP contribution in [0.4, 0.5) is 29.3 Å². The van der Waals surface area contributed by atoms with E-state index in [0.29, 0.717) is 40.5 Å². The van der Waals surface area contributed by atoms with Crippen molar-refractivity contribution in [3.8, 4) is 5.75 Å². The molecule has 198 valence electrons. The van der Waals surface area contributed by atoms with Crippen molar-refractivity contribution in [1.29, 1.82) is 0 Å². The maximum Gasteiger partial charge on any atom is 0.416 e. The molecule has 3 aromatic carbocycles. The van der Waals surface area contributed by atoms with E-state index in [9.17, 15) is 22.8 Å². The number of hydrogen-bond donors (Lipinski definition) is 1. The van der Waals surface area contributed by atoms with Crippen LogP contribution >= 0.6 is 11.8 Å². The number of urea groups is 1. The van der Waals surface area contributed by atoms with Crippen molar-refractivity contribution in [3.05, 3.63) is 88.5 Å². The molecule has 1 N–H and O–H groups in total. The molecule has 0 aliphatic carbocycles. The van der Waals surface area contributed by atoms with Gasteiger partial charge in [-0.25, -0.2) is 4.79 Å². The number of aryl methyl sites for hydroxylation is 2. The van der Waals surface area contributed by atoms with Crippen molar-refractivity contribution in [1.82, 2.24) is 4.90 Å². The minimum atomic E-state index is -4.44. The summed E-state index contributed by atoms with van der Waals surface area (Å²) in [6.07, 6.45) is -4.44. The average Bonchev–Trinajstić information content (AvgIpc) is 3.43. The van der Waals surface area contributed by atoms with Crippen LogP contribution in [0.3, 0.4) is 0 Å². The molecule has 1 atom stereocenters. The van der Waals surface area contributed by atoms with Gasteiger partial charge in [0.15, 0.2) is 4.87 Å². The Kier molecular flexibility index (Phi) is 6.54. The van der Waals surface area contributed by atoms with Gasteiger partial charge in [0.2, 0.25) is 0 Å². The first-order valence-electron chi connectivity index (χ1n) is 12.0. The molecule has 6 nitrogen and oxygen atoms in total. The van der Waals surface area contributed by atoms with Crippen LogP contribution in [0.25, 0.3) is 0 Å². The summed E-state index contributed by atoms with van der Waals surface area (Å²) >= 11 is 1.36.